The highest BCUT2D eigenvalue weighted by Gasteiger charge is 2.30. The Morgan fingerprint density at radius 3 is 2.37 bits per heavy atom. The Balaban J connectivity index is 1.23. The van der Waals surface area contributed by atoms with Gasteiger partial charge in [0.2, 0.25) is 0 Å². The van der Waals surface area contributed by atoms with Crippen molar-refractivity contribution in [2.75, 3.05) is 51.8 Å². The van der Waals surface area contributed by atoms with E-state index in [9.17, 15) is 9.59 Å². The van der Waals surface area contributed by atoms with Gasteiger partial charge in [-0.15, -0.1) is 0 Å². The Labute approximate surface area is 204 Å². The molecule has 2 aromatic carbocycles. The molecule has 0 saturated carbocycles. The first-order valence-electron chi connectivity index (χ1n) is 11.7. The van der Waals surface area contributed by atoms with Crippen LogP contribution in [0.5, 0.6) is 11.5 Å². The number of methoxy groups -OCH3 is 2. The molecule has 2 aliphatic rings. The number of carbonyl (C=O) groups is 2. The summed E-state index contributed by atoms with van der Waals surface area (Å²) >= 11 is 0. The molecule has 0 N–H and O–H groups in total. The molecule has 2 aliphatic heterocycles. The fourth-order valence-electron chi connectivity index (χ4n) is 4.65. The summed E-state index contributed by atoms with van der Waals surface area (Å²) in [6.45, 7) is 4.18. The van der Waals surface area contributed by atoms with E-state index in [0.717, 1.165) is 22.7 Å². The van der Waals surface area contributed by atoms with Gasteiger partial charge in [0.15, 0.2) is 5.69 Å². The molecule has 0 bridgehead atoms. The molecule has 1 aromatic heterocycles. The standard InChI is InChI=1S/C26H29N5O4/c1-34-20-9-7-19(8-10-20)18-30-15-16-31-23(26(30)33)17-21(27-31)25(32)29-13-11-28(12-14-29)22-5-3-4-6-24(22)35-2/h3-10,17H,11-16,18H2,1-2H3. The molecule has 9 nitrogen and oxygen atoms in total. The normalized spacial score (nSPS) is 15.7. The van der Waals surface area contributed by atoms with Crippen LogP contribution in [0.15, 0.2) is 54.6 Å². The largest absolute Gasteiger partial charge is 0.497 e. The predicted molar refractivity (Wildman–Crippen MR) is 131 cm³/mol. The van der Waals surface area contributed by atoms with Crippen molar-refractivity contribution in [1.82, 2.24) is 19.6 Å². The topological polar surface area (TPSA) is 80.1 Å². The van der Waals surface area contributed by atoms with E-state index in [-0.39, 0.29) is 11.8 Å². The van der Waals surface area contributed by atoms with Gasteiger partial charge in [-0.1, -0.05) is 24.3 Å². The number of hydrogen-bond donors (Lipinski definition) is 0. The lowest BCUT2D eigenvalue weighted by molar-refractivity contribution is 0.0680. The van der Waals surface area contributed by atoms with Crippen LogP contribution in [0, 0.1) is 0 Å². The number of anilines is 1. The summed E-state index contributed by atoms with van der Waals surface area (Å²) in [6, 6.07) is 17.2. The van der Waals surface area contributed by atoms with Crippen molar-refractivity contribution in [1.29, 1.82) is 0 Å². The van der Waals surface area contributed by atoms with Crippen LogP contribution in [-0.2, 0) is 13.1 Å². The molecule has 3 heterocycles. The van der Waals surface area contributed by atoms with Crippen LogP contribution >= 0.6 is 0 Å². The number of fused-ring (bicyclic) bond motifs is 1. The molecule has 0 unspecified atom stereocenters. The summed E-state index contributed by atoms with van der Waals surface area (Å²) in [5.74, 6) is 1.36. The highest BCUT2D eigenvalue weighted by atomic mass is 16.5. The zero-order chi connectivity index (χ0) is 24.4. The third-order valence-electron chi connectivity index (χ3n) is 6.61. The molecular weight excluding hydrogens is 446 g/mol. The number of amides is 2. The minimum absolute atomic E-state index is 0.111. The van der Waals surface area contributed by atoms with E-state index in [1.807, 2.05) is 48.5 Å². The summed E-state index contributed by atoms with van der Waals surface area (Å²) in [4.78, 5) is 32.1. The van der Waals surface area contributed by atoms with Gasteiger partial charge < -0.3 is 24.2 Å². The zero-order valence-corrected chi connectivity index (χ0v) is 20.0. The van der Waals surface area contributed by atoms with Crippen LogP contribution in [-0.4, -0.2) is 78.3 Å². The molecule has 35 heavy (non-hydrogen) atoms. The predicted octanol–water partition coefficient (Wildman–Crippen LogP) is 2.52. The molecule has 1 fully saturated rings. The fourth-order valence-corrected chi connectivity index (χ4v) is 4.65. The first kappa shape index (κ1) is 22.8. The zero-order valence-electron chi connectivity index (χ0n) is 20.0. The molecule has 3 aromatic rings. The minimum Gasteiger partial charge on any atom is -0.497 e. The average molecular weight is 476 g/mol. The number of piperazine rings is 1. The number of ether oxygens (including phenoxy) is 2. The van der Waals surface area contributed by atoms with Crippen LogP contribution in [0.1, 0.15) is 26.5 Å². The molecule has 2 amide bonds. The summed E-state index contributed by atoms with van der Waals surface area (Å²) in [7, 11) is 3.29. The van der Waals surface area contributed by atoms with E-state index >= 15 is 0 Å². The third-order valence-corrected chi connectivity index (χ3v) is 6.61. The van der Waals surface area contributed by atoms with E-state index in [1.54, 1.807) is 34.8 Å². The van der Waals surface area contributed by atoms with Gasteiger partial charge in [0, 0.05) is 45.3 Å². The molecule has 0 radical (unpaired) electrons. The SMILES string of the molecule is COc1ccc(CN2CCn3nc(C(=O)N4CCN(c5ccccc5OC)CC4)cc3C2=O)cc1. The van der Waals surface area contributed by atoms with Crippen LogP contribution < -0.4 is 14.4 Å². The molecule has 1 saturated heterocycles. The van der Waals surface area contributed by atoms with Crippen LogP contribution in [0.2, 0.25) is 0 Å². The second-order valence-corrected chi connectivity index (χ2v) is 8.66. The second kappa shape index (κ2) is 9.69. The van der Waals surface area contributed by atoms with E-state index in [4.69, 9.17) is 9.47 Å². The van der Waals surface area contributed by atoms with Crippen molar-refractivity contribution in [3.8, 4) is 11.5 Å². The molecular formula is C26H29N5O4. The fraction of sp³-hybridized carbons (Fsp3) is 0.346. The van der Waals surface area contributed by atoms with E-state index < -0.39 is 0 Å². The van der Waals surface area contributed by atoms with Crippen LogP contribution in [0.4, 0.5) is 5.69 Å². The molecule has 0 atom stereocenters. The van der Waals surface area contributed by atoms with Gasteiger partial charge in [0.25, 0.3) is 11.8 Å². The Kier molecular flexibility index (Phi) is 6.31. The number of benzene rings is 2. The monoisotopic (exact) mass is 475 g/mol. The third kappa shape index (κ3) is 4.53. The van der Waals surface area contributed by atoms with Gasteiger partial charge in [0.05, 0.1) is 26.5 Å². The Bertz CT molecular complexity index is 1210. The number of para-hydroxylation sites is 2. The summed E-state index contributed by atoms with van der Waals surface area (Å²) in [5.41, 5.74) is 2.84. The first-order chi connectivity index (χ1) is 17.1. The smallest absolute Gasteiger partial charge is 0.274 e. The van der Waals surface area contributed by atoms with E-state index in [1.165, 1.54) is 0 Å². The highest BCUT2D eigenvalue weighted by Crippen LogP contribution is 2.28. The van der Waals surface area contributed by atoms with Crippen molar-refractivity contribution in [3.63, 3.8) is 0 Å². The van der Waals surface area contributed by atoms with Gasteiger partial charge in [0.1, 0.15) is 17.2 Å². The summed E-state index contributed by atoms with van der Waals surface area (Å²) in [5, 5.41) is 4.47. The highest BCUT2D eigenvalue weighted by molar-refractivity contribution is 5.98. The van der Waals surface area contributed by atoms with Crippen molar-refractivity contribution >= 4 is 17.5 Å². The second-order valence-electron chi connectivity index (χ2n) is 8.66. The van der Waals surface area contributed by atoms with E-state index in [2.05, 4.69) is 10.00 Å². The van der Waals surface area contributed by atoms with Gasteiger partial charge >= 0.3 is 0 Å². The maximum absolute atomic E-state index is 13.2. The number of nitrogens with zero attached hydrogens (tertiary/aromatic N) is 5. The summed E-state index contributed by atoms with van der Waals surface area (Å²) in [6.07, 6.45) is 0. The lowest BCUT2D eigenvalue weighted by Gasteiger charge is -2.36. The lowest BCUT2D eigenvalue weighted by Crippen LogP contribution is -2.49. The van der Waals surface area contributed by atoms with Crippen LogP contribution in [0.25, 0.3) is 0 Å². The molecule has 5 rings (SSSR count). The number of hydrogen-bond acceptors (Lipinski definition) is 6. The van der Waals surface area contributed by atoms with Gasteiger partial charge in [-0.25, -0.2) is 0 Å². The van der Waals surface area contributed by atoms with Crippen molar-refractivity contribution in [2.24, 2.45) is 0 Å². The molecule has 0 spiro atoms. The van der Waals surface area contributed by atoms with Crippen LogP contribution in [0.3, 0.4) is 0 Å². The molecule has 182 valence electrons. The first-order valence-corrected chi connectivity index (χ1v) is 11.7. The quantitative estimate of drug-likeness (QED) is 0.545. The Morgan fingerprint density at radius 2 is 1.66 bits per heavy atom. The lowest BCUT2D eigenvalue weighted by atomic mass is 10.1. The van der Waals surface area contributed by atoms with E-state index in [0.29, 0.717) is 57.2 Å². The average Bonchev–Trinajstić information content (AvgIpc) is 3.36. The maximum atomic E-state index is 13.2. The molecule has 0 aliphatic carbocycles. The maximum Gasteiger partial charge on any atom is 0.274 e. The van der Waals surface area contributed by atoms with Crippen molar-refractivity contribution in [2.45, 2.75) is 13.1 Å². The number of rotatable bonds is 6. The Morgan fingerprint density at radius 1 is 0.914 bits per heavy atom. The minimum atomic E-state index is -0.138. The van der Waals surface area contributed by atoms with Gasteiger partial charge in [-0.05, 0) is 29.8 Å². The van der Waals surface area contributed by atoms with Gasteiger partial charge in [-0.2, -0.15) is 5.10 Å². The number of carbonyl (C=O) groups excluding carboxylic acids is 2. The number of aromatic nitrogens is 2. The van der Waals surface area contributed by atoms with Crippen molar-refractivity contribution < 1.29 is 19.1 Å². The van der Waals surface area contributed by atoms with Crippen molar-refractivity contribution in [3.05, 3.63) is 71.5 Å². The van der Waals surface area contributed by atoms with Gasteiger partial charge in [-0.3, -0.25) is 14.3 Å². The molecule has 9 heteroatoms. The summed E-state index contributed by atoms with van der Waals surface area (Å²) < 4.78 is 12.3. The Hall–Kier alpha value is -4.01.